The minimum atomic E-state index is -0.554. The van der Waals surface area contributed by atoms with E-state index in [0.29, 0.717) is 19.0 Å². The molecule has 3 N–H and O–H groups in total. The number of amides is 2. The minimum absolute atomic E-state index is 0.00573. The Bertz CT molecular complexity index is 1200. The molecule has 0 aromatic heterocycles. The summed E-state index contributed by atoms with van der Waals surface area (Å²) in [6, 6.07) is 16.4. The van der Waals surface area contributed by atoms with Crippen molar-refractivity contribution in [3.63, 3.8) is 0 Å². The van der Waals surface area contributed by atoms with Crippen molar-refractivity contribution in [3.05, 3.63) is 65.2 Å². The Morgan fingerprint density at radius 2 is 1.75 bits per heavy atom. The highest BCUT2D eigenvalue weighted by molar-refractivity contribution is 5.90. The van der Waals surface area contributed by atoms with Crippen LogP contribution in [0.15, 0.2) is 48.5 Å². The third-order valence-corrected chi connectivity index (χ3v) is 9.12. The second kappa shape index (κ2) is 16.5. The van der Waals surface area contributed by atoms with Gasteiger partial charge in [-0.05, 0) is 81.4 Å². The van der Waals surface area contributed by atoms with Gasteiger partial charge in [0.2, 0.25) is 11.8 Å². The van der Waals surface area contributed by atoms with Gasteiger partial charge in [-0.2, -0.15) is 0 Å². The number of hydrogen-bond donors (Lipinski definition) is 3. The lowest BCUT2D eigenvalue weighted by atomic mass is 9.99. The summed E-state index contributed by atoms with van der Waals surface area (Å²) in [6.45, 7) is 7.75. The van der Waals surface area contributed by atoms with Crippen molar-refractivity contribution >= 4 is 17.5 Å². The third kappa shape index (κ3) is 9.59. The lowest BCUT2D eigenvalue weighted by Crippen LogP contribution is -2.45. The summed E-state index contributed by atoms with van der Waals surface area (Å²) in [7, 11) is 0. The van der Waals surface area contributed by atoms with Crippen molar-refractivity contribution in [1.29, 1.82) is 0 Å². The summed E-state index contributed by atoms with van der Waals surface area (Å²) >= 11 is 0. The van der Waals surface area contributed by atoms with Gasteiger partial charge in [0.15, 0.2) is 6.29 Å². The Balaban J connectivity index is 1.23. The molecule has 2 aromatic carbocycles. The number of aliphatic hydroxyl groups excluding tert-OH is 1. The topological polar surface area (TPSA) is 103 Å². The van der Waals surface area contributed by atoms with E-state index in [1.807, 2.05) is 36.4 Å². The molecule has 3 aliphatic rings. The highest BCUT2D eigenvalue weighted by atomic mass is 16.7. The van der Waals surface area contributed by atoms with Crippen molar-refractivity contribution in [2.45, 2.75) is 95.9 Å². The van der Waals surface area contributed by atoms with Crippen LogP contribution in [-0.2, 0) is 25.7 Å². The van der Waals surface area contributed by atoms with Crippen LogP contribution >= 0.6 is 0 Å². The summed E-state index contributed by atoms with van der Waals surface area (Å²) < 4.78 is 13.3. The maximum absolute atomic E-state index is 12.7. The fourth-order valence-corrected chi connectivity index (χ4v) is 6.74. The Kier molecular flexibility index (Phi) is 12.2. The number of hydrogen-bond acceptors (Lipinski definition) is 7. The number of carbonyl (C=O) groups excluding carboxylic acids is 2. The predicted molar refractivity (Wildman–Crippen MR) is 171 cm³/mol. The number of likely N-dealkylation sites (tertiary alicyclic amines) is 2. The molecule has 0 spiro atoms. The lowest BCUT2D eigenvalue weighted by molar-refractivity contribution is -0.253. The molecule has 9 nitrogen and oxygen atoms in total. The van der Waals surface area contributed by atoms with Gasteiger partial charge in [0, 0.05) is 56.7 Å². The first-order valence-electron chi connectivity index (χ1n) is 16.6. The van der Waals surface area contributed by atoms with Crippen LogP contribution in [0.2, 0.25) is 0 Å². The van der Waals surface area contributed by atoms with Gasteiger partial charge in [-0.25, -0.2) is 0 Å². The number of aliphatic hydroxyl groups is 1. The molecule has 0 aliphatic carbocycles. The number of nitrogens with zero attached hydrogens (tertiary/aromatic N) is 2. The van der Waals surface area contributed by atoms with Crippen LogP contribution < -0.4 is 10.6 Å². The van der Waals surface area contributed by atoms with Crippen molar-refractivity contribution in [2.75, 3.05) is 44.6 Å². The summed E-state index contributed by atoms with van der Waals surface area (Å²) in [6.07, 6.45) is 8.13. The van der Waals surface area contributed by atoms with E-state index in [4.69, 9.17) is 9.47 Å². The van der Waals surface area contributed by atoms with E-state index in [2.05, 4.69) is 32.6 Å². The van der Waals surface area contributed by atoms with Crippen LogP contribution in [0.1, 0.15) is 93.8 Å². The Morgan fingerprint density at radius 3 is 2.52 bits per heavy atom. The fraction of sp³-hybridized carbons (Fsp3) is 0.600. The van der Waals surface area contributed by atoms with Gasteiger partial charge in [-0.15, -0.1) is 0 Å². The van der Waals surface area contributed by atoms with Gasteiger partial charge in [-0.1, -0.05) is 42.8 Å². The van der Waals surface area contributed by atoms with E-state index >= 15 is 0 Å². The van der Waals surface area contributed by atoms with Crippen molar-refractivity contribution in [1.82, 2.24) is 15.1 Å². The SMILES string of the molecule is CC(=O)NCCCCCC(=O)Nc1cccc([C@@H]2O[C@H](CN3CCC[C@H]3CN3CCCC3)C[C@H](c3ccc(CO)cc3)O2)c1. The van der Waals surface area contributed by atoms with Crippen LogP contribution in [0, 0.1) is 0 Å². The Morgan fingerprint density at radius 1 is 0.932 bits per heavy atom. The fourth-order valence-electron chi connectivity index (χ4n) is 6.74. The molecule has 3 heterocycles. The van der Waals surface area contributed by atoms with Crippen LogP contribution in [0.3, 0.4) is 0 Å². The molecule has 3 fully saturated rings. The first-order chi connectivity index (χ1) is 21.5. The van der Waals surface area contributed by atoms with Crippen LogP contribution in [-0.4, -0.2) is 78.1 Å². The van der Waals surface area contributed by atoms with Crippen LogP contribution in [0.4, 0.5) is 5.69 Å². The predicted octanol–water partition coefficient (Wildman–Crippen LogP) is 4.92. The molecule has 0 unspecified atom stereocenters. The van der Waals surface area contributed by atoms with E-state index in [1.165, 1.54) is 45.7 Å². The first-order valence-corrected chi connectivity index (χ1v) is 16.6. The molecule has 240 valence electrons. The van der Waals surface area contributed by atoms with Crippen molar-refractivity contribution in [3.8, 4) is 0 Å². The Hall–Kier alpha value is -2.82. The zero-order valence-electron chi connectivity index (χ0n) is 26.2. The first kappa shape index (κ1) is 32.6. The third-order valence-electron chi connectivity index (χ3n) is 9.12. The second-order valence-corrected chi connectivity index (χ2v) is 12.6. The van der Waals surface area contributed by atoms with E-state index in [9.17, 15) is 14.7 Å². The largest absolute Gasteiger partial charge is 0.392 e. The average molecular weight is 607 g/mol. The van der Waals surface area contributed by atoms with E-state index in [1.54, 1.807) is 0 Å². The molecule has 0 radical (unpaired) electrons. The minimum Gasteiger partial charge on any atom is -0.392 e. The molecule has 0 saturated carbocycles. The van der Waals surface area contributed by atoms with Gasteiger partial charge in [0.25, 0.3) is 0 Å². The smallest absolute Gasteiger partial charge is 0.224 e. The standard InChI is InChI=1S/C35H50N4O5/c1-26(41)36-17-4-2-3-12-34(42)37-30-10-7-9-29(21-30)35-43-32(22-33(44-35)28-15-13-27(25-40)14-16-28)24-39-20-8-11-31(39)23-38-18-5-6-19-38/h7,9-10,13-16,21,31-33,35,40H,2-6,8,11-12,17-20,22-25H2,1H3,(H,36,41)(H,37,42)/t31-,32-,33+,35+/m0/s1. The number of carbonyl (C=O) groups is 2. The Labute approximate surface area is 262 Å². The number of unbranched alkanes of at least 4 members (excludes halogenated alkanes) is 2. The normalized spacial score (nSPS) is 24.4. The molecule has 2 aromatic rings. The zero-order valence-corrected chi connectivity index (χ0v) is 26.2. The molecular formula is C35H50N4O5. The highest BCUT2D eigenvalue weighted by Gasteiger charge is 2.36. The molecule has 3 saturated heterocycles. The second-order valence-electron chi connectivity index (χ2n) is 12.6. The number of nitrogens with one attached hydrogen (secondary N) is 2. The molecule has 3 aliphatic heterocycles. The summed E-state index contributed by atoms with van der Waals surface area (Å²) in [5.41, 5.74) is 3.58. The van der Waals surface area contributed by atoms with Gasteiger partial charge in [-0.3, -0.25) is 14.5 Å². The summed E-state index contributed by atoms with van der Waals surface area (Å²) in [5, 5.41) is 15.4. The highest BCUT2D eigenvalue weighted by Crippen LogP contribution is 2.39. The number of anilines is 1. The van der Waals surface area contributed by atoms with Gasteiger partial charge in [0.1, 0.15) is 0 Å². The van der Waals surface area contributed by atoms with Crippen LogP contribution in [0.5, 0.6) is 0 Å². The molecule has 2 amide bonds. The molecule has 5 rings (SSSR count). The maximum Gasteiger partial charge on any atom is 0.224 e. The summed E-state index contributed by atoms with van der Waals surface area (Å²) in [4.78, 5) is 28.9. The molecule has 4 atom stereocenters. The van der Waals surface area contributed by atoms with Gasteiger partial charge in [0.05, 0.1) is 18.8 Å². The number of benzene rings is 2. The molecule has 44 heavy (non-hydrogen) atoms. The van der Waals surface area contributed by atoms with Gasteiger partial charge < -0.3 is 30.1 Å². The molecule has 0 bridgehead atoms. The number of ether oxygens (including phenoxy) is 2. The quantitative estimate of drug-likeness (QED) is 0.263. The number of rotatable bonds is 14. The van der Waals surface area contributed by atoms with Crippen molar-refractivity contribution < 1.29 is 24.2 Å². The van der Waals surface area contributed by atoms with E-state index < -0.39 is 6.29 Å². The summed E-state index contributed by atoms with van der Waals surface area (Å²) in [5.74, 6) is -0.0477. The van der Waals surface area contributed by atoms with E-state index in [0.717, 1.165) is 67.7 Å². The zero-order chi connectivity index (χ0) is 30.7. The average Bonchev–Trinajstić information content (AvgIpc) is 3.71. The maximum atomic E-state index is 12.7. The lowest BCUT2D eigenvalue weighted by Gasteiger charge is -2.39. The van der Waals surface area contributed by atoms with E-state index in [-0.39, 0.29) is 30.6 Å². The van der Waals surface area contributed by atoms with Crippen LogP contribution in [0.25, 0.3) is 0 Å². The molecule has 9 heteroatoms. The van der Waals surface area contributed by atoms with Crippen molar-refractivity contribution in [2.24, 2.45) is 0 Å². The molecular weight excluding hydrogens is 556 g/mol. The van der Waals surface area contributed by atoms with Gasteiger partial charge >= 0.3 is 0 Å². The monoisotopic (exact) mass is 606 g/mol.